The van der Waals surface area contributed by atoms with Gasteiger partial charge in [0.05, 0.1) is 0 Å². The van der Waals surface area contributed by atoms with E-state index in [1.807, 2.05) is 13.8 Å². The molecule has 1 heterocycles. The van der Waals surface area contributed by atoms with Crippen LogP contribution < -0.4 is 10.6 Å². The second kappa shape index (κ2) is 11.3. The molecular formula is C18H32N2O6. The van der Waals surface area contributed by atoms with Crippen molar-refractivity contribution >= 4 is 11.8 Å². The Bertz CT molecular complexity index is 484. The molecule has 1 aliphatic rings. The highest BCUT2D eigenvalue weighted by atomic mass is 16.5. The molecule has 1 aliphatic heterocycles. The van der Waals surface area contributed by atoms with Gasteiger partial charge in [0.15, 0.2) is 6.10 Å². The Kier molecular flexibility index (Phi) is 9.79. The van der Waals surface area contributed by atoms with Crippen molar-refractivity contribution in [3.05, 3.63) is 12.2 Å². The monoisotopic (exact) mass is 372 g/mol. The third-order valence-corrected chi connectivity index (χ3v) is 4.65. The van der Waals surface area contributed by atoms with Crippen molar-refractivity contribution in [2.24, 2.45) is 5.92 Å². The number of rotatable bonds is 9. The van der Waals surface area contributed by atoms with Gasteiger partial charge in [-0.2, -0.15) is 0 Å². The molecule has 0 saturated carbocycles. The zero-order valence-corrected chi connectivity index (χ0v) is 15.7. The van der Waals surface area contributed by atoms with Gasteiger partial charge < -0.3 is 30.7 Å². The summed E-state index contributed by atoms with van der Waals surface area (Å²) in [5.74, 6) is -0.777. The summed E-state index contributed by atoms with van der Waals surface area (Å²) in [7, 11) is 1.22. The minimum Gasteiger partial charge on any atom is -0.387 e. The average molecular weight is 372 g/mol. The third kappa shape index (κ3) is 6.68. The summed E-state index contributed by atoms with van der Waals surface area (Å²) in [5, 5.41) is 35.7. The van der Waals surface area contributed by atoms with E-state index in [-0.39, 0.29) is 11.8 Å². The Morgan fingerprint density at radius 1 is 1.31 bits per heavy atom. The number of hydrogen-bond donors (Lipinski definition) is 5. The van der Waals surface area contributed by atoms with Gasteiger partial charge in [0.2, 0.25) is 5.91 Å². The van der Waals surface area contributed by atoms with Crippen molar-refractivity contribution in [3.63, 3.8) is 0 Å². The summed E-state index contributed by atoms with van der Waals surface area (Å²) >= 11 is 0. The first-order chi connectivity index (χ1) is 12.3. The van der Waals surface area contributed by atoms with Crippen LogP contribution in [0.15, 0.2) is 12.2 Å². The van der Waals surface area contributed by atoms with Crippen molar-refractivity contribution in [2.45, 2.75) is 70.0 Å². The minimum atomic E-state index is -1.65. The fourth-order valence-electron chi connectivity index (χ4n) is 2.67. The first kappa shape index (κ1) is 22.6. The van der Waals surface area contributed by atoms with Crippen LogP contribution in [0.4, 0.5) is 0 Å². The predicted octanol–water partition coefficient (Wildman–Crippen LogP) is -0.529. The lowest BCUT2D eigenvalue weighted by Crippen LogP contribution is -2.55. The molecule has 5 N–H and O–H groups in total. The Hall–Kier alpha value is -1.48. The van der Waals surface area contributed by atoms with Crippen molar-refractivity contribution in [3.8, 4) is 0 Å². The van der Waals surface area contributed by atoms with Gasteiger partial charge in [-0.1, -0.05) is 32.4 Å². The Morgan fingerprint density at radius 3 is 2.62 bits per heavy atom. The number of aliphatic hydroxyl groups is 3. The number of hydrogen-bond acceptors (Lipinski definition) is 6. The van der Waals surface area contributed by atoms with Gasteiger partial charge in [0, 0.05) is 13.7 Å². The van der Waals surface area contributed by atoms with E-state index in [4.69, 9.17) is 4.74 Å². The molecule has 0 spiro atoms. The topological polar surface area (TPSA) is 128 Å². The average Bonchev–Trinajstić information content (AvgIpc) is 2.83. The van der Waals surface area contributed by atoms with Crippen LogP contribution in [-0.2, 0) is 14.3 Å². The molecule has 8 nitrogen and oxygen atoms in total. The van der Waals surface area contributed by atoms with Crippen molar-refractivity contribution < 1.29 is 29.6 Å². The molecule has 0 aromatic heterocycles. The molecule has 1 unspecified atom stereocenters. The third-order valence-electron chi connectivity index (χ3n) is 4.65. The van der Waals surface area contributed by atoms with Gasteiger partial charge in [0.1, 0.15) is 24.4 Å². The van der Waals surface area contributed by atoms with Gasteiger partial charge in [-0.25, -0.2) is 0 Å². The lowest BCUT2D eigenvalue weighted by atomic mass is 9.99. The molecule has 1 fully saturated rings. The van der Waals surface area contributed by atoms with E-state index in [0.717, 1.165) is 19.3 Å². The number of carbonyl (C=O) groups excluding carboxylic acids is 2. The summed E-state index contributed by atoms with van der Waals surface area (Å²) in [4.78, 5) is 24.3. The molecule has 0 radical (unpaired) electrons. The molecule has 1 rings (SSSR count). The van der Waals surface area contributed by atoms with Crippen molar-refractivity contribution in [1.82, 2.24) is 10.6 Å². The standard InChI is InChI=1S/C18H32N2O6/c1-4-11(2)8-9-13(21)14(22)15(23)16(26-3)18(25)20-12-7-5-6-10-19-17(12)24/h8-9,11-16,21-23H,4-7,10H2,1-3H3,(H,19,24)(H,20,25)/b9-8+/t11?,12-,13+,14-,15+,16+/m0/s1. The molecule has 8 heteroatoms. The fraction of sp³-hybridized carbons (Fsp3) is 0.778. The first-order valence-electron chi connectivity index (χ1n) is 9.15. The van der Waals surface area contributed by atoms with Crippen molar-refractivity contribution in [2.75, 3.05) is 13.7 Å². The van der Waals surface area contributed by atoms with Crippen LogP contribution in [0.1, 0.15) is 39.5 Å². The number of aliphatic hydroxyl groups excluding tert-OH is 3. The van der Waals surface area contributed by atoms with E-state index in [9.17, 15) is 24.9 Å². The number of amides is 2. The highest BCUT2D eigenvalue weighted by Gasteiger charge is 2.36. The van der Waals surface area contributed by atoms with Crippen LogP contribution in [0.5, 0.6) is 0 Å². The summed E-state index contributed by atoms with van der Waals surface area (Å²) < 4.78 is 5.01. The fourth-order valence-corrected chi connectivity index (χ4v) is 2.67. The summed E-state index contributed by atoms with van der Waals surface area (Å²) in [5.41, 5.74) is 0. The maximum absolute atomic E-state index is 12.4. The van der Waals surface area contributed by atoms with E-state index in [1.165, 1.54) is 13.2 Å². The van der Waals surface area contributed by atoms with Crippen molar-refractivity contribution in [1.29, 1.82) is 0 Å². The smallest absolute Gasteiger partial charge is 0.252 e. The molecule has 0 aromatic rings. The Labute approximate surface area is 154 Å². The van der Waals surface area contributed by atoms with Crippen LogP contribution in [0, 0.1) is 5.92 Å². The number of carbonyl (C=O) groups is 2. The normalized spacial score (nSPS) is 24.2. The van der Waals surface area contributed by atoms with E-state index < -0.39 is 36.4 Å². The number of allylic oxidation sites excluding steroid dienone is 1. The lowest BCUT2D eigenvalue weighted by molar-refractivity contribution is -0.150. The molecule has 0 bridgehead atoms. The Balaban J connectivity index is 2.70. The second-order valence-electron chi connectivity index (χ2n) is 6.75. The molecule has 6 atom stereocenters. The molecule has 2 amide bonds. The maximum atomic E-state index is 12.4. The van der Waals surface area contributed by atoms with Gasteiger partial charge in [-0.15, -0.1) is 0 Å². The predicted molar refractivity (Wildman–Crippen MR) is 96.2 cm³/mol. The lowest BCUT2D eigenvalue weighted by Gasteiger charge is -2.28. The summed E-state index contributed by atoms with van der Waals surface area (Å²) in [6, 6.07) is -0.706. The minimum absolute atomic E-state index is 0.212. The summed E-state index contributed by atoms with van der Waals surface area (Å²) in [6.45, 7) is 4.51. The number of nitrogens with one attached hydrogen (secondary N) is 2. The van der Waals surface area contributed by atoms with E-state index in [2.05, 4.69) is 10.6 Å². The molecule has 0 aliphatic carbocycles. The number of ether oxygens (including phenoxy) is 1. The van der Waals surface area contributed by atoms with Gasteiger partial charge in [0.25, 0.3) is 5.91 Å². The first-order valence-corrected chi connectivity index (χ1v) is 9.15. The highest BCUT2D eigenvalue weighted by molar-refractivity contribution is 5.89. The van der Waals surface area contributed by atoms with Crippen LogP contribution in [0.25, 0.3) is 0 Å². The van der Waals surface area contributed by atoms with Crippen LogP contribution in [-0.4, -0.2) is 71.2 Å². The molecule has 26 heavy (non-hydrogen) atoms. The zero-order valence-electron chi connectivity index (χ0n) is 15.7. The van der Waals surface area contributed by atoms with Crippen LogP contribution >= 0.6 is 0 Å². The van der Waals surface area contributed by atoms with Gasteiger partial charge in [-0.05, 0) is 25.2 Å². The van der Waals surface area contributed by atoms with Gasteiger partial charge >= 0.3 is 0 Å². The SMILES string of the molecule is CCC(C)/C=C/[C@@H](O)[C@H](O)[C@@H](O)[C@@H](OC)C(=O)N[C@H]1CCCCNC1=O. The molecule has 150 valence electrons. The molecule has 1 saturated heterocycles. The maximum Gasteiger partial charge on any atom is 0.252 e. The van der Waals surface area contributed by atoms with E-state index >= 15 is 0 Å². The van der Waals surface area contributed by atoms with Crippen LogP contribution in [0.2, 0.25) is 0 Å². The number of methoxy groups -OCH3 is 1. The van der Waals surface area contributed by atoms with E-state index in [1.54, 1.807) is 6.08 Å². The molecular weight excluding hydrogens is 340 g/mol. The quantitative estimate of drug-likeness (QED) is 0.346. The van der Waals surface area contributed by atoms with Crippen LogP contribution in [0.3, 0.4) is 0 Å². The Morgan fingerprint density at radius 2 is 2.00 bits per heavy atom. The summed E-state index contributed by atoms with van der Waals surface area (Å²) in [6.07, 6.45) is 0.108. The zero-order chi connectivity index (χ0) is 19.7. The second-order valence-corrected chi connectivity index (χ2v) is 6.75. The highest BCUT2D eigenvalue weighted by Crippen LogP contribution is 2.12. The van der Waals surface area contributed by atoms with E-state index in [0.29, 0.717) is 13.0 Å². The molecule has 0 aromatic carbocycles. The largest absolute Gasteiger partial charge is 0.387 e. The van der Waals surface area contributed by atoms with Gasteiger partial charge in [-0.3, -0.25) is 9.59 Å².